The van der Waals surface area contributed by atoms with Crippen LogP contribution in [0.5, 0.6) is 11.5 Å². The quantitative estimate of drug-likeness (QED) is 0.362. The number of alkyl halides is 3. The van der Waals surface area contributed by atoms with Gasteiger partial charge in [-0.05, 0) is 48.7 Å². The Bertz CT molecular complexity index is 1010. The molecular formula is C23H23F3N2O5. The molecule has 0 unspecified atom stereocenters. The molecule has 1 aromatic heterocycles. The third kappa shape index (κ3) is 6.24. The Hall–Kier alpha value is -3.56. The van der Waals surface area contributed by atoms with Crippen molar-refractivity contribution < 1.29 is 37.0 Å². The number of carbonyl (C=O) groups is 2. The first-order chi connectivity index (χ1) is 15.7. The Kier molecular flexibility index (Phi) is 7.57. The highest BCUT2D eigenvalue weighted by molar-refractivity contribution is 5.87. The van der Waals surface area contributed by atoms with Crippen LogP contribution in [0.4, 0.5) is 19.0 Å². The smallest absolute Gasteiger partial charge is 0.417 e. The highest BCUT2D eigenvalue weighted by Crippen LogP contribution is 2.32. The molecule has 2 heterocycles. The van der Waals surface area contributed by atoms with E-state index in [1.807, 2.05) is 4.90 Å². The molecule has 1 saturated heterocycles. The van der Waals surface area contributed by atoms with E-state index < -0.39 is 23.7 Å². The number of benzene rings is 1. The van der Waals surface area contributed by atoms with Gasteiger partial charge in [-0.25, -0.2) is 9.78 Å². The van der Waals surface area contributed by atoms with E-state index in [4.69, 9.17) is 9.47 Å². The molecule has 0 N–H and O–H groups in total. The van der Waals surface area contributed by atoms with Gasteiger partial charge in [-0.15, -0.1) is 0 Å². The summed E-state index contributed by atoms with van der Waals surface area (Å²) in [7, 11) is 2.72. The third-order valence-corrected chi connectivity index (χ3v) is 5.24. The number of rotatable bonds is 6. The summed E-state index contributed by atoms with van der Waals surface area (Å²) < 4.78 is 53.5. The molecule has 3 rings (SSSR count). The molecule has 1 aliphatic heterocycles. The molecule has 0 aliphatic carbocycles. The van der Waals surface area contributed by atoms with Crippen molar-refractivity contribution in [2.24, 2.45) is 5.92 Å². The van der Waals surface area contributed by atoms with Crippen molar-refractivity contribution in [1.29, 1.82) is 0 Å². The zero-order chi connectivity index (χ0) is 24.0. The molecular weight excluding hydrogens is 441 g/mol. The summed E-state index contributed by atoms with van der Waals surface area (Å²) >= 11 is 0. The predicted molar refractivity (Wildman–Crippen MR) is 114 cm³/mol. The van der Waals surface area contributed by atoms with Crippen molar-refractivity contribution in [3.8, 4) is 11.5 Å². The van der Waals surface area contributed by atoms with Gasteiger partial charge in [-0.2, -0.15) is 13.2 Å². The molecule has 1 aliphatic rings. The third-order valence-electron chi connectivity index (χ3n) is 5.24. The summed E-state index contributed by atoms with van der Waals surface area (Å²) in [5.41, 5.74) is -0.139. The molecule has 0 atom stereocenters. The Morgan fingerprint density at radius 1 is 1.09 bits per heavy atom. The van der Waals surface area contributed by atoms with Crippen LogP contribution in [0.3, 0.4) is 0 Å². The molecule has 1 fully saturated rings. The number of anilines is 1. The predicted octanol–water partition coefficient (Wildman–Crippen LogP) is 4.12. The minimum absolute atomic E-state index is 0.254. The zero-order valence-electron chi connectivity index (χ0n) is 18.1. The molecule has 0 amide bonds. The maximum absolute atomic E-state index is 12.7. The summed E-state index contributed by atoms with van der Waals surface area (Å²) in [6.45, 7) is 0.930. The lowest BCUT2D eigenvalue weighted by Crippen LogP contribution is -2.38. The molecule has 2 aromatic rings. The normalized spacial score (nSPS) is 14.9. The van der Waals surface area contributed by atoms with Crippen LogP contribution in [0.25, 0.3) is 6.08 Å². The lowest BCUT2D eigenvalue weighted by molar-refractivity contribution is -0.140. The van der Waals surface area contributed by atoms with Gasteiger partial charge < -0.3 is 19.1 Å². The Labute approximate surface area is 188 Å². The van der Waals surface area contributed by atoms with Gasteiger partial charge in [0.05, 0.1) is 25.7 Å². The van der Waals surface area contributed by atoms with E-state index in [2.05, 4.69) is 9.72 Å². The maximum Gasteiger partial charge on any atom is 0.417 e. The summed E-state index contributed by atoms with van der Waals surface area (Å²) in [5, 5.41) is 0. The SMILES string of the molecule is COC(=O)/C=C/c1ccc(OC(=O)C2CCN(c3ccc(C(F)(F)F)cn3)CC2)c(OC)c1. The van der Waals surface area contributed by atoms with Crippen LogP contribution in [0.1, 0.15) is 24.0 Å². The minimum atomic E-state index is -4.43. The summed E-state index contributed by atoms with van der Waals surface area (Å²) in [4.78, 5) is 29.6. The molecule has 0 saturated carbocycles. The summed E-state index contributed by atoms with van der Waals surface area (Å²) in [6, 6.07) is 7.21. The van der Waals surface area contributed by atoms with Gasteiger partial charge >= 0.3 is 18.1 Å². The highest BCUT2D eigenvalue weighted by atomic mass is 19.4. The van der Waals surface area contributed by atoms with Gasteiger partial charge in [0.25, 0.3) is 0 Å². The van der Waals surface area contributed by atoms with Crippen LogP contribution in [-0.4, -0.2) is 44.2 Å². The number of esters is 2. The molecule has 7 nitrogen and oxygen atoms in total. The first kappa shape index (κ1) is 24.1. The molecule has 1 aromatic carbocycles. The Morgan fingerprint density at radius 2 is 1.82 bits per heavy atom. The van der Waals surface area contributed by atoms with Gasteiger partial charge in [-0.3, -0.25) is 4.79 Å². The van der Waals surface area contributed by atoms with Crippen LogP contribution in [0, 0.1) is 5.92 Å². The number of ether oxygens (including phenoxy) is 3. The second-order valence-corrected chi connectivity index (χ2v) is 7.35. The van der Waals surface area contributed by atoms with Crippen molar-refractivity contribution in [1.82, 2.24) is 4.98 Å². The molecule has 176 valence electrons. The lowest BCUT2D eigenvalue weighted by Gasteiger charge is -2.31. The molecule has 0 bridgehead atoms. The second kappa shape index (κ2) is 10.4. The van der Waals surface area contributed by atoms with Crippen molar-refractivity contribution in [2.45, 2.75) is 19.0 Å². The topological polar surface area (TPSA) is 78.0 Å². The summed E-state index contributed by atoms with van der Waals surface area (Å²) in [6.07, 6.45) is 0.142. The number of aromatic nitrogens is 1. The summed E-state index contributed by atoms with van der Waals surface area (Å²) in [5.74, 6) is -0.244. The molecule has 0 spiro atoms. The van der Waals surface area contributed by atoms with Gasteiger partial charge in [0, 0.05) is 25.4 Å². The fourth-order valence-corrected chi connectivity index (χ4v) is 3.38. The van der Waals surface area contributed by atoms with Gasteiger partial charge in [0.15, 0.2) is 11.5 Å². The lowest BCUT2D eigenvalue weighted by atomic mass is 9.97. The van der Waals surface area contributed by atoms with E-state index in [0.29, 0.717) is 43.1 Å². The largest absolute Gasteiger partial charge is 0.493 e. The first-order valence-electron chi connectivity index (χ1n) is 10.1. The van der Waals surface area contributed by atoms with Crippen molar-refractivity contribution in [2.75, 3.05) is 32.2 Å². The van der Waals surface area contributed by atoms with E-state index in [1.165, 1.54) is 26.4 Å². The number of nitrogens with zero attached hydrogens (tertiary/aromatic N) is 2. The standard InChI is InChI=1S/C23H23F3N2O5/c1-31-19-13-15(4-8-21(29)32-2)3-6-18(19)33-22(30)16-9-11-28(12-10-16)20-7-5-17(14-27-20)23(24,25)26/h3-8,13-14,16H,9-12H2,1-2H3/b8-4+. The number of pyridine rings is 1. The number of hydrogen-bond donors (Lipinski definition) is 0. The first-order valence-corrected chi connectivity index (χ1v) is 10.1. The minimum Gasteiger partial charge on any atom is -0.493 e. The van der Waals surface area contributed by atoms with Crippen LogP contribution < -0.4 is 14.4 Å². The molecule has 33 heavy (non-hydrogen) atoms. The van der Waals surface area contributed by atoms with Crippen LogP contribution in [0.2, 0.25) is 0 Å². The van der Waals surface area contributed by atoms with Crippen LogP contribution in [-0.2, 0) is 20.5 Å². The van der Waals surface area contributed by atoms with Crippen molar-refractivity contribution in [3.05, 3.63) is 53.7 Å². The average Bonchev–Trinajstić information content (AvgIpc) is 2.82. The number of hydrogen-bond acceptors (Lipinski definition) is 7. The Morgan fingerprint density at radius 3 is 2.39 bits per heavy atom. The van der Waals surface area contributed by atoms with Crippen LogP contribution >= 0.6 is 0 Å². The van der Waals surface area contributed by atoms with Crippen molar-refractivity contribution in [3.63, 3.8) is 0 Å². The van der Waals surface area contributed by atoms with Crippen molar-refractivity contribution >= 4 is 23.8 Å². The van der Waals surface area contributed by atoms with Gasteiger partial charge in [0.2, 0.25) is 0 Å². The fourth-order valence-electron chi connectivity index (χ4n) is 3.38. The van der Waals surface area contributed by atoms with E-state index in [9.17, 15) is 22.8 Å². The van der Waals surface area contributed by atoms with E-state index in [-0.39, 0.29) is 11.7 Å². The van der Waals surface area contributed by atoms with Gasteiger partial charge in [-0.1, -0.05) is 6.07 Å². The number of piperidine rings is 1. The monoisotopic (exact) mass is 464 g/mol. The van der Waals surface area contributed by atoms with Crippen LogP contribution in [0.15, 0.2) is 42.6 Å². The number of carbonyl (C=O) groups excluding carboxylic acids is 2. The van der Waals surface area contributed by atoms with E-state index in [0.717, 1.165) is 12.3 Å². The zero-order valence-corrected chi connectivity index (χ0v) is 18.1. The second-order valence-electron chi connectivity index (χ2n) is 7.35. The number of halogens is 3. The molecule has 0 radical (unpaired) electrons. The molecule has 10 heteroatoms. The van der Waals surface area contributed by atoms with E-state index in [1.54, 1.807) is 24.3 Å². The average molecular weight is 464 g/mol. The fraction of sp³-hybridized carbons (Fsp3) is 0.348. The van der Waals surface area contributed by atoms with E-state index >= 15 is 0 Å². The Balaban J connectivity index is 1.59. The van der Waals surface area contributed by atoms with Gasteiger partial charge in [0.1, 0.15) is 5.82 Å². The maximum atomic E-state index is 12.7. The highest BCUT2D eigenvalue weighted by Gasteiger charge is 2.32. The number of methoxy groups -OCH3 is 2.